The minimum atomic E-state index is 0.764. The second-order valence-corrected chi connectivity index (χ2v) is 5.02. The van der Waals surface area contributed by atoms with Crippen LogP contribution in [0.25, 0.3) is 0 Å². The summed E-state index contributed by atoms with van der Waals surface area (Å²) in [5.41, 5.74) is 8.15. The summed E-state index contributed by atoms with van der Waals surface area (Å²) in [5.74, 6) is 1.67. The van der Waals surface area contributed by atoms with Crippen LogP contribution in [0.1, 0.15) is 18.4 Å². The molecule has 2 rings (SSSR count). The van der Waals surface area contributed by atoms with E-state index >= 15 is 0 Å². The second-order valence-electron chi connectivity index (χ2n) is 5.02. The van der Waals surface area contributed by atoms with Gasteiger partial charge in [0.15, 0.2) is 0 Å². The number of methoxy groups -OCH3 is 1. The number of hydrogen-bond donors (Lipinski definition) is 1. The highest BCUT2D eigenvalue weighted by Crippen LogP contribution is 2.26. The van der Waals surface area contributed by atoms with Crippen molar-refractivity contribution in [3.8, 4) is 5.75 Å². The zero-order valence-corrected chi connectivity index (χ0v) is 10.8. The van der Waals surface area contributed by atoms with Crippen molar-refractivity contribution in [3.63, 3.8) is 0 Å². The van der Waals surface area contributed by atoms with Gasteiger partial charge in [-0.1, -0.05) is 0 Å². The van der Waals surface area contributed by atoms with E-state index in [1.807, 2.05) is 12.1 Å². The fraction of sp³-hybridized carbons (Fsp3) is 0.571. The Morgan fingerprint density at radius 2 is 2.06 bits per heavy atom. The second kappa shape index (κ2) is 5.41. The van der Waals surface area contributed by atoms with Crippen molar-refractivity contribution < 1.29 is 4.74 Å². The quantitative estimate of drug-likeness (QED) is 0.815. The number of hydrogen-bond acceptors (Lipinski definition) is 3. The van der Waals surface area contributed by atoms with Crippen LogP contribution in [0.2, 0.25) is 0 Å². The molecule has 2 N–H and O–H groups in total. The Kier molecular flexibility index (Phi) is 3.89. The Balaban J connectivity index is 2.02. The van der Waals surface area contributed by atoms with E-state index in [-0.39, 0.29) is 0 Å². The number of nitrogens with two attached hydrogens (primary N) is 1. The average molecular weight is 234 g/mol. The topological polar surface area (TPSA) is 38.5 Å². The van der Waals surface area contributed by atoms with Crippen molar-refractivity contribution in [2.45, 2.75) is 19.3 Å². The predicted octanol–water partition coefficient (Wildman–Crippen LogP) is 2.16. The van der Waals surface area contributed by atoms with Crippen LogP contribution in [0.3, 0.4) is 0 Å². The molecule has 94 valence electrons. The number of ether oxygens (including phenoxy) is 1. The molecule has 0 spiro atoms. The summed E-state index contributed by atoms with van der Waals surface area (Å²) in [6.45, 7) is 2.41. The molecule has 0 radical (unpaired) electrons. The Hall–Kier alpha value is -1.22. The van der Waals surface area contributed by atoms with Crippen molar-refractivity contribution in [1.82, 2.24) is 4.90 Å². The minimum Gasteiger partial charge on any atom is -0.497 e. The standard InChI is InChI=1S/C14H22N2O/c1-16-7-5-11(6-8-16)9-12-10-13(17-2)3-4-14(12)15/h3-4,10-11H,5-9,15H2,1-2H3. The molecule has 1 aromatic carbocycles. The first-order valence-corrected chi connectivity index (χ1v) is 6.30. The predicted molar refractivity (Wildman–Crippen MR) is 71.3 cm³/mol. The number of likely N-dealkylation sites (tertiary alicyclic amines) is 1. The van der Waals surface area contributed by atoms with Crippen molar-refractivity contribution in [2.75, 3.05) is 33.0 Å². The molecular weight excluding hydrogens is 212 g/mol. The van der Waals surface area contributed by atoms with Gasteiger partial charge in [0, 0.05) is 5.69 Å². The number of anilines is 1. The average Bonchev–Trinajstić information content (AvgIpc) is 2.35. The van der Waals surface area contributed by atoms with Gasteiger partial charge in [0.05, 0.1) is 7.11 Å². The fourth-order valence-corrected chi connectivity index (χ4v) is 2.46. The molecule has 3 nitrogen and oxygen atoms in total. The minimum absolute atomic E-state index is 0.764. The van der Waals surface area contributed by atoms with Gasteiger partial charge in [-0.15, -0.1) is 0 Å². The Morgan fingerprint density at radius 1 is 1.35 bits per heavy atom. The highest BCUT2D eigenvalue weighted by molar-refractivity contribution is 5.50. The van der Waals surface area contributed by atoms with Gasteiger partial charge in [0.1, 0.15) is 5.75 Å². The molecule has 17 heavy (non-hydrogen) atoms. The first-order chi connectivity index (χ1) is 8.19. The van der Waals surface area contributed by atoms with Crippen molar-refractivity contribution in [1.29, 1.82) is 0 Å². The number of benzene rings is 1. The third-order valence-corrected chi connectivity index (χ3v) is 3.70. The Bertz CT molecular complexity index is 370. The molecule has 0 bridgehead atoms. The van der Waals surface area contributed by atoms with Crippen molar-refractivity contribution >= 4 is 5.69 Å². The molecule has 0 saturated carbocycles. The van der Waals surface area contributed by atoms with Crippen molar-refractivity contribution in [3.05, 3.63) is 23.8 Å². The zero-order valence-electron chi connectivity index (χ0n) is 10.8. The summed E-state index contributed by atoms with van der Waals surface area (Å²) in [6.07, 6.45) is 3.62. The summed E-state index contributed by atoms with van der Waals surface area (Å²) < 4.78 is 5.25. The van der Waals surface area contributed by atoms with Gasteiger partial charge in [-0.2, -0.15) is 0 Å². The van der Waals surface area contributed by atoms with E-state index in [2.05, 4.69) is 18.0 Å². The molecule has 0 aliphatic carbocycles. The van der Waals surface area contributed by atoms with Crippen molar-refractivity contribution in [2.24, 2.45) is 5.92 Å². The molecule has 1 aliphatic heterocycles. The third-order valence-electron chi connectivity index (χ3n) is 3.70. The number of piperidine rings is 1. The summed E-state index contributed by atoms with van der Waals surface area (Å²) in [5, 5.41) is 0. The Morgan fingerprint density at radius 3 is 2.71 bits per heavy atom. The monoisotopic (exact) mass is 234 g/mol. The van der Waals surface area contributed by atoms with Crippen LogP contribution in [-0.2, 0) is 6.42 Å². The first kappa shape index (κ1) is 12.2. The van der Waals surface area contributed by atoms with E-state index < -0.39 is 0 Å². The summed E-state index contributed by atoms with van der Waals surface area (Å²) in [6, 6.07) is 5.95. The maximum Gasteiger partial charge on any atom is 0.119 e. The van der Waals surface area contributed by atoms with Gasteiger partial charge in [0.2, 0.25) is 0 Å². The largest absolute Gasteiger partial charge is 0.497 e. The highest BCUT2D eigenvalue weighted by atomic mass is 16.5. The summed E-state index contributed by atoms with van der Waals surface area (Å²) in [7, 11) is 3.89. The van der Waals surface area contributed by atoms with E-state index in [1.165, 1.54) is 31.5 Å². The first-order valence-electron chi connectivity index (χ1n) is 6.30. The van der Waals surface area contributed by atoms with Crippen LogP contribution < -0.4 is 10.5 Å². The van der Waals surface area contributed by atoms with E-state index in [1.54, 1.807) is 7.11 Å². The molecule has 0 aromatic heterocycles. The molecule has 1 heterocycles. The Labute approximate surface area is 104 Å². The number of rotatable bonds is 3. The molecule has 3 heteroatoms. The number of nitrogen functional groups attached to an aromatic ring is 1. The summed E-state index contributed by atoms with van der Waals surface area (Å²) >= 11 is 0. The van der Waals surface area contributed by atoms with Gasteiger partial charge in [-0.05, 0) is 69.1 Å². The van der Waals surface area contributed by atoms with Gasteiger partial charge in [0.25, 0.3) is 0 Å². The fourth-order valence-electron chi connectivity index (χ4n) is 2.46. The lowest BCUT2D eigenvalue weighted by Gasteiger charge is -2.29. The molecule has 1 saturated heterocycles. The zero-order chi connectivity index (χ0) is 12.3. The van der Waals surface area contributed by atoms with Crippen LogP contribution in [0.4, 0.5) is 5.69 Å². The van der Waals surface area contributed by atoms with Gasteiger partial charge in [-0.25, -0.2) is 0 Å². The molecule has 1 aromatic rings. The smallest absolute Gasteiger partial charge is 0.119 e. The van der Waals surface area contributed by atoms with E-state index in [4.69, 9.17) is 10.5 Å². The van der Waals surface area contributed by atoms with Gasteiger partial charge < -0.3 is 15.4 Å². The SMILES string of the molecule is COc1ccc(N)c(CC2CCN(C)CC2)c1. The van der Waals surface area contributed by atoms with E-state index in [0.29, 0.717) is 0 Å². The maximum absolute atomic E-state index is 6.02. The van der Waals surface area contributed by atoms with E-state index in [0.717, 1.165) is 23.8 Å². The van der Waals surface area contributed by atoms with Gasteiger partial charge >= 0.3 is 0 Å². The lowest BCUT2D eigenvalue weighted by Crippen LogP contribution is -2.31. The van der Waals surface area contributed by atoms with Gasteiger partial charge in [-0.3, -0.25) is 0 Å². The molecular formula is C14H22N2O. The lowest BCUT2D eigenvalue weighted by molar-refractivity contribution is 0.219. The normalized spacial score (nSPS) is 18.2. The van der Waals surface area contributed by atoms with Crippen LogP contribution in [-0.4, -0.2) is 32.1 Å². The number of nitrogens with zero attached hydrogens (tertiary/aromatic N) is 1. The maximum atomic E-state index is 6.02. The van der Waals surface area contributed by atoms with Crippen LogP contribution in [0.15, 0.2) is 18.2 Å². The van der Waals surface area contributed by atoms with Crippen LogP contribution in [0, 0.1) is 5.92 Å². The summed E-state index contributed by atoms with van der Waals surface area (Å²) in [4.78, 5) is 2.39. The lowest BCUT2D eigenvalue weighted by atomic mass is 9.90. The molecule has 0 amide bonds. The molecule has 0 unspecified atom stereocenters. The highest BCUT2D eigenvalue weighted by Gasteiger charge is 2.18. The van der Waals surface area contributed by atoms with Crippen LogP contribution in [0.5, 0.6) is 5.75 Å². The third kappa shape index (κ3) is 3.13. The van der Waals surface area contributed by atoms with E-state index in [9.17, 15) is 0 Å². The molecule has 1 fully saturated rings. The van der Waals surface area contributed by atoms with Crippen LogP contribution >= 0.6 is 0 Å². The molecule has 0 atom stereocenters. The molecule has 1 aliphatic rings.